The van der Waals surface area contributed by atoms with E-state index in [1.165, 1.54) is 18.4 Å². The van der Waals surface area contributed by atoms with E-state index in [4.69, 9.17) is 16.3 Å². The van der Waals surface area contributed by atoms with Crippen molar-refractivity contribution in [3.05, 3.63) is 58.6 Å². The number of aromatic nitrogens is 1. The van der Waals surface area contributed by atoms with Gasteiger partial charge >= 0.3 is 6.09 Å². The largest absolute Gasteiger partial charge is 0.430 e. The maximum absolute atomic E-state index is 12.3. The standard InChI is InChI=1S/C20H20ClN4O3S/c1-12-7-8-15-16(9-12)29-19(24-15)25-20(27)28-18(10-17(26)22-2)23-11-13-5-3-4-6-14(13)21/h3-9,18,23H,10-11H2,1-2H3,(H,24,25,27). The van der Waals surface area contributed by atoms with Crippen molar-refractivity contribution in [2.45, 2.75) is 26.1 Å². The van der Waals surface area contributed by atoms with E-state index in [1.54, 1.807) is 6.07 Å². The number of fused-ring (bicyclic) bond motifs is 1. The maximum Gasteiger partial charge on any atom is 0.415 e. The van der Waals surface area contributed by atoms with Gasteiger partial charge in [-0.05, 0) is 36.2 Å². The normalized spacial score (nSPS) is 11.8. The quantitative estimate of drug-likeness (QED) is 0.550. The molecule has 29 heavy (non-hydrogen) atoms. The van der Waals surface area contributed by atoms with Crippen molar-refractivity contribution in [3.63, 3.8) is 0 Å². The Kier molecular flexibility index (Phi) is 7.03. The van der Waals surface area contributed by atoms with Crippen LogP contribution in [0.15, 0.2) is 42.5 Å². The predicted octanol–water partition coefficient (Wildman–Crippen LogP) is 4.07. The van der Waals surface area contributed by atoms with E-state index < -0.39 is 12.3 Å². The Bertz CT molecular complexity index is 1020. The number of anilines is 1. The summed E-state index contributed by atoms with van der Waals surface area (Å²) < 4.78 is 6.36. The molecule has 0 fully saturated rings. The highest BCUT2D eigenvalue weighted by Gasteiger charge is 2.19. The van der Waals surface area contributed by atoms with Crippen LogP contribution in [0.1, 0.15) is 17.5 Å². The number of halogens is 1. The first-order valence-electron chi connectivity index (χ1n) is 8.89. The molecule has 3 rings (SSSR count). The van der Waals surface area contributed by atoms with Gasteiger partial charge in [0.15, 0.2) is 11.4 Å². The lowest BCUT2D eigenvalue weighted by molar-refractivity contribution is -0.123. The minimum Gasteiger partial charge on any atom is -0.430 e. The van der Waals surface area contributed by atoms with Crippen molar-refractivity contribution in [3.8, 4) is 0 Å². The van der Waals surface area contributed by atoms with Gasteiger partial charge in [0.2, 0.25) is 5.91 Å². The zero-order valence-corrected chi connectivity index (χ0v) is 17.5. The van der Waals surface area contributed by atoms with Crippen molar-refractivity contribution >= 4 is 50.3 Å². The van der Waals surface area contributed by atoms with Crippen LogP contribution in [0.25, 0.3) is 10.2 Å². The fraction of sp³-hybridized carbons (Fsp3) is 0.250. The van der Waals surface area contributed by atoms with Gasteiger partial charge in [-0.3, -0.25) is 20.7 Å². The summed E-state index contributed by atoms with van der Waals surface area (Å²) in [5.41, 5.74) is 2.73. The average Bonchev–Trinajstić information content (AvgIpc) is 3.08. The van der Waals surface area contributed by atoms with Gasteiger partial charge in [0.25, 0.3) is 0 Å². The van der Waals surface area contributed by atoms with E-state index in [2.05, 4.69) is 20.9 Å². The minimum absolute atomic E-state index is 0.0899. The number of aryl methyl sites for hydroxylation is 1. The number of ether oxygens (including phenoxy) is 1. The molecule has 7 nitrogen and oxygen atoms in total. The van der Waals surface area contributed by atoms with Crippen LogP contribution in [0.5, 0.6) is 0 Å². The number of hydrogen-bond acceptors (Lipinski definition) is 6. The number of amides is 2. The van der Waals surface area contributed by atoms with Crippen LogP contribution in [0.4, 0.5) is 9.93 Å². The predicted molar refractivity (Wildman–Crippen MR) is 114 cm³/mol. The molecule has 1 unspecified atom stereocenters. The van der Waals surface area contributed by atoms with E-state index in [0.29, 0.717) is 16.7 Å². The molecule has 0 saturated carbocycles. The number of carbonyl (C=O) groups excluding carboxylic acids is 2. The van der Waals surface area contributed by atoms with Gasteiger partial charge in [0.1, 0.15) is 0 Å². The Morgan fingerprint density at radius 1 is 1.28 bits per heavy atom. The summed E-state index contributed by atoms with van der Waals surface area (Å²) in [5.74, 6) is -0.384. The minimum atomic E-state index is -0.862. The molecule has 0 aliphatic carbocycles. The Morgan fingerprint density at radius 3 is 2.83 bits per heavy atom. The molecule has 2 aromatic carbocycles. The second kappa shape index (κ2) is 9.69. The highest BCUT2D eigenvalue weighted by molar-refractivity contribution is 7.22. The molecule has 9 heteroatoms. The highest BCUT2D eigenvalue weighted by atomic mass is 35.5. The zero-order chi connectivity index (χ0) is 20.8. The van der Waals surface area contributed by atoms with Gasteiger partial charge in [0.05, 0.1) is 16.6 Å². The fourth-order valence-corrected chi connectivity index (χ4v) is 3.75. The number of carbonyl (C=O) groups is 2. The number of rotatable bonds is 7. The third kappa shape index (κ3) is 5.90. The van der Waals surface area contributed by atoms with E-state index in [9.17, 15) is 9.59 Å². The van der Waals surface area contributed by atoms with Gasteiger partial charge in [-0.15, -0.1) is 0 Å². The molecule has 0 aliphatic rings. The molecule has 3 aromatic rings. The van der Waals surface area contributed by atoms with Crippen molar-refractivity contribution in [2.24, 2.45) is 0 Å². The Labute approximate surface area is 177 Å². The van der Waals surface area contributed by atoms with E-state index in [0.717, 1.165) is 21.3 Å². The van der Waals surface area contributed by atoms with E-state index >= 15 is 0 Å². The van der Waals surface area contributed by atoms with Crippen LogP contribution in [0.3, 0.4) is 0 Å². The van der Waals surface area contributed by atoms with Crippen LogP contribution in [0.2, 0.25) is 5.02 Å². The lowest BCUT2D eigenvalue weighted by Crippen LogP contribution is -2.38. The summed E-state index contributed by atoms with van der Waals surface area (Å²) in [5, 5.41) is 10.3. The van der Waals surface area contributed by atoms with Gasteiger partial charge in [-0.1, -0.05) is 47.2 Å². The smallest absolute Gasteiger partial charge is 0.415 e. The molecule has 2 amide bonds. The van der Waals surface area contributed by atoms with Crippen LogP contribution in [0, 0.1) is 6.92 Å². The lowest BCUT2D eigenvalue weighted by atomic mass is 10.2. The molecule has 1 aromatic heterocycles. The van der Waals surface area contributed by atoms with Crippen LogP contribution in [-0.4, -0.2) is 30.3 Å². The number of nitrogens with zero attached hydrogens (tertiary/aromatic N) is 2. The van der Waals surface area contributed by atoms with Crippen molar-refractivity contribution in [1.82, 2.24) is 15.6 Å². The second-order valence-electron chi connectivity index (χ2n) is 6.30. The monoisotopic (exact) mass is 431 g/mol. The summed E-state index contributed by atoms with van der Waals surface area (Å²) in [6, 6.07) is 13.1. The van der Waals surface area contributed by atoms with Gasteiger partial charge < -0.3 is 4.74 Å². The summed E-state index contributed by atoms with van der Waals surface area (Å²) >= 11 is 7.50. The third-order valence-corrected chi connectivity index (χ3v) is 5.39. The number of nitrogens with one attached hydrogen (secondary N) is 2. The second-order valence-corrected chi connectivity index (χ2v) is 7.74. The molecule has 0 saturated heterocycles. The molecule has 0 aliphatic heterocycles. The van der Waals surface area contributed by atoms with Gasteiger partial charge in [-0.2, -0.15) is 0 Å². The first-order valence-corrected chi connectivity index (χ1v) is 10.1. The molecule has 1 heterocycles. The van der Waals surface area contributed by atoms with Crippen molar-refractivity contribution in [1.29, 1.82) is 0 Å². The Morgan fingerprint density at radius 2 is 2.07 bits per heavy atom. The average molecular weight is 432 g/mol. The Balaban J connectivity index is 1.64. The van der Waals surface area contributed by atoms with Crippen LogP contribution < -0.4 is 16.0 Å². The SMILES string of the molecule is C[N]C(=O)CC(NCc1ccccc1Cl)OC(=O)Nc1nc2ccc(C)cc2s1. The molecule has 151 valence electrons. The molecule has 1 atom stereocenters. The van der Waals surface area contributed by atoms with Gasteiger partial charge in [0, 0.05) is 18.6 Å². The maximum atomic E-state index is 12.3. The van der Waals surface area contributed by atoms with Crippen molar-refractivity contribution < 1.29 is 14.3 Å². The zero-order valence-electron chi connectivity index (χ0n) is 15.9. The summed E-state index contributed by atoms with van der Waals surface area (Å²) in [7, 11) is 1.40. The summed E-state index contributed by atoms with van der Waals surface area (Å²) in [6.07, 6.45) is -1.66. The first kappa shape index (κ1) is 21.0. The summed E-state index contributed by atoms with van der Waals surface area (Å²) in [4.78, 5) is 28.4. The van der Waals surface area contributed by atoms with Gasteiger partial charge in [-0.25, -0.2) is 9.78 Å². The molecule has 0 bridgehead atoms. The summed E-state index contributed by atoms with van der Waals surface area (Å²) in [6.45, 7) is 2.32. The van der Waals surface area contributed by atoms with Crippen LogP contribution in [-0.2, 0) is 16.1 Å². The first-order chi connectivity index (χ1) is 13.9. The molecule has 1 radical (unpaired) electrons. The fourth-order valence-electron chi connectivity index (χ4n) is 2.60. The van der Waals surface area contributed by atoms with Crippen LogP contribution >= 0.6 is 22.9 Å². The highest BCUT2D eigenvalue weighted by Crippen LogP contribution is 2.26. The third-order valence-electron chi connectivity index (χ3n) is 4.09. The Hall–Kier alpha value is -2.68. The molecular weight excluding hydrogens is 412 g/mol. The number of benzene rings is 2. The molecular formula is C20H20ClN4O3S. The lowest BCUT2D eigenvalue weighted by Gasteiger charge is -2.18. The topological polar surface area (TPSA) is 94.4 Å². The number of hydrogen-bond donors (Lipinski definition) is 2. The number of thiazole rings is 1. The van der Waals surface area contributed by atoms with E-state index in [1.807, 2.05) is 43.3 Å². The van der Waals surface area contributed by atoms with E-state index in [-0.39, 0.29) is 12.3 Å². The molecule has 0 spiro atoms. The van der Waals surface area contributed by atoms with Crippen molar-refractivity contribution in [2.75, 3.05) is 12.4 Å². The molecule has 2 N–H and O–H groups in total.